The zero-order valence-electron chi connectivity index (χ0n) is 13.8. The van der Waals surface area contributed by atoms with Crippen LogP contribution in [0.3, 0.4) is 0 Å². The number of hydrogen-bond acceptors (Lipinski definition) is 2. The summed E-state index contributed by atoms with van der Waals surface area (Å²) < 4.78 is 0. The van der Waals surface area contributed by atoms with E-state index in [1.54, 1.807) is 38.1 Å². The Hall–Kier alpha value is -2.62. The van der Waals surface area contributed by atoms with Gasteiger partial charge in [-0.3, -0.25) is 9.59 Å². The summed E-state index contributed by atoms with van der Waals surface area (Å²) in [5, 5.41) is 12.1. The number of carboxylic acids is 1. The molecule has 2 N–H and O–H groups in total. The second-order valence-electron chi connectivity index (χ2n) is 6.28. The number of benzene rings is 2. The molecule has 0 unspecified atom stereocenters. The van der Waals surface area contributed by atoms with Crippen molar-refractivity contribution in [2.24, 2.45) is 0 Å². The average Bonchev–Trinajstić information content (AvgIpc) is 2.50. The molecule has 0 bridgehead atoms. The van der Waals surface area contributed by atoms with Crippen LogP contribution in [0.1, 0.15) is 40.9 Å². The highest BCUT2D eigenvalue weighted by atomic mass is 16.4. The molecule has 4 nitrogen and oxygen atoms in total. The van der Waals surface area contributed by atoms with Crippen LogP contribution in [0.2, 0.25) is 0 Å². The molecule has 0 fully saturated rings. The van der Waals surface area contributed by atoms with E-state index in [9.17, 15) is 14.7 Å². The number of aliphatic carboxylic acids is 1. The lowest BCUT2D eigenvalue weighted by Crippen LogP contribution is -2.28. The lowest BCUT2D eigenvalue weighted by atomic mass is 9.85. The molecule has 0 radical (unpaired) electrons. The van der Waals surface area contributed by atoms with Gasteiger partial charge >= 0.3 is 5.97 Å². The second kappa shape index (κ2) is 6.24. The summed E-state index contributed by atoms with van der Waals surface area (Å²) >= 11 is 0. The molecule has 0 heterocycles. The van der Waals surface area contributed by atoms with Crippen LogP contribution >= 0.6 is 0 Å². The summed E-state index contributed by atoms with van der Waals surface area (Å²) in [6.45, 7) is 7.14. The Morgan fingerprint density at radius 1 is 1.00 bits per heavy atom. The van der Waals surface area contributed by atoms with Gasteiger partial charge < -0.3 is 10.4 Å². The molecule has 0 aliphatic heterocycles. The van der Waals surface area contributed by atoms with Gasteiger partial charge in [0.25, 0.3) is 5.91 Å². The average molecular weight is 311 g/mol. The van der Waals surface area contributed by atoms with Crippen LogP contribution in [-0.2, 0) is 10.2 Å². The fraction of sp³-hybridized carbons (Fsp3) is 0.263. The van der Waals surface area contributed by atoms with Crippen molar-refractivity contribution < 1.29 is 14.7 Å². The predicted molar refractivity (Wildman–Crippen MR) is 91.0 cm³/mol. The van der Waals surface area contributed by atoms with Gasteiger partial charge in [-0.1, -0.05) is 29.8 Å². The number of aryl methyl sites for hydroxylation is 2. The van der Waals surface area contributed by atoms with E-state index in [4.69, 9.17) is 0 Å². The molecular formula is C19H21NO3. The SMILES string of the molecule is Cc1ccc(C)c(C(=O)Nc2ccc(C(C)(C)C(=O)O)cc2)c1. The third kappa shape index (κ3) is 3.59. The zero-order valence-corrected chi connectivity index (χ0v) is 13.8. The summed E-state index contributed by atoms with van der Waals surface area (Å²) in [6.07, 6.45) is 0. The van der Waals surface area contributed by atoms with Crippen molar-refractivity contribution in [3.8, 4) is 0 Å². The van der Waals surface area contributed by atoms with Crippen molar-refractivity contribution in [2.75, 3.05) is 5.32 Å². The molecular weight excluding hydrogens is 290 g/mol. The first-order chi connectivity index (χ1) is 10.7. The number of nitrogens with one attached hydrogen (secondary N) is 1. The monoisotopic (exact) mass is 311 g/mol. The molecule has 0 spiro atoms. The van der Waals surface area contributed by atoms with Crippen molar-refractivity contribution in [3.63, 3.8) is 0 Å². The van der Waals surface area contributed by atoms with Crippen LogP contribution in [0.25, 0.3) is 0 Å². The Balaban J connectivity index is 2.20. The molecule has 0 atom stereocenters. The summed E-state index contributed by atoms with van der Waals surface area (Å²) in [7, 11) is 0. The molecule has 0 saturated heterocycles. The minimum Gasteiger partial charge on any atom is -0.481 e. The summed E-state index contributed by atoms with van der Waals surface area (Å²) in [4.78, 5) is 23.6. The van der Waals surface area contributed by atoms with Gasteiger partial charge in [0.1, 0.15) is 0 Å². The van der Waals surface area contributed by atoms with Gasteiger partial charge in [0.2, 0.25) is 0 Å². The number of rotatable bonds is 4. The van der Waals surface area contributed by atoms with Crippen LogP contribution < -0.4 is 5.32 Å². The number of amides is 1. The Morgan fingerprint density at radius 3 is 2.17 bits per heavy atom. The Labute approximate surface area is 136 Å². The molecule has 120 valence electrons. The Bertz CT molecular complexity index is 746. The van der Waals surface area contributed by atoms with Crippen LogP contribution in [0.4, 0.5) is 5.69 Å². The first-order valence-electron chi connectivity index (χ1n) is 7.44. The van der Waals surface area contributed by atoms with E-state index < -0.39 is 11.4 Å². The molecule has 2 rings (SSSR count). The smallest absolute Gasteiger partial charge is 0.313 e. The van der Waals surface area contributed by atoms with Crippen molar-refractivity contribution in [2.45, 2.75) is 33.1 Å². The highest BCUT2D eigenvalue weighted by molar-refractivity contribution is 6.05. The summed E-state index contributed by atoms with van der Waals surface area (Å²) in [5.74, 6) is -1.05. The van der Waals surface area contributed by atoms with Gasteiger partial charge in [-0.25, -0.2) is 0 Å². The van der Waals surface area contributed by atoms with Crippen LogP contribution in [0.15, 0.2) is 42.5 Å². The topological polar surface area (TPSA) is 66.4 Å². The van der Waals surface area contributed by atoms with E-state index in [0.29, 0.717) is 16.8 Å². The zero-order chi connectivity index (χ0) is 17.2. The molecule has 0 aromatic heterocycles. The first kappa shape index (κ1) is 16.7. The van der Waals surface area contributed by atoms with Gasteiger partial charge in [-0.05, 0) is 57.0 Å². The highest BCUT2D eigenvalue weighted by Gasteiger charge is 2.29. The van der Waals surface area contributed by atoms with Gasteiger partial charge in [0.15, 0.2) is 0 Å². The van der Waals surface area contributed by atoms with Crippen molar-refractivity contribution >= 4 is 17.6 Å². The molecule has 2 aromatic rings. The van der Waals surface area contributed by atoms with E-state index in [1.807, 2.05) is 32.0 Å². The Morgan fingerprint density at radius 2 is 1.61 bits per heavy atom. The van der Waals surface area contributed by atoms with Crippen molar-refractivity contribution in [1.29, 1.82) is 0 Å². The number of carboxylic acid groups (broad SMARTS) is 1. The van der Waals surface area contributed by atoms with Crippen LogP contribution in [0.5, 0.6) is 0 Å². The molecule has 0 aliphatic carbocycles. The van der Waals surface area contributed by atoms with E-state index in [2.05, 4.69) is 5.32 Å². The molecule has 4 heteroatoms. The van der Waals surface area contributed by atoms with E-state index in [1.165, 1.54) is 0 Å². The first-order valence-corrected chi connectivity index (χ1v) is 7.44. The summed E-state index contributed by atoms with van der Waals surface area (Å²) in [6, 6.07) is 12.6. The minimum absolute atomic E-state index is 0.170. The van der Waals surface area contributed by atoms with Crippen molar-refractivity contribution in [3.05, 3.63) is 64.7 Å². The third-order valence-electron chi connectivity index (χ3n) is 4.04. The van der Waals surface area contributed by atoms with Crippen LogP contribution in [0, 0.1) is 13.8 Å². The molecule has 1 amide bonds. The molecule has 23 heavy (non-hydrogen) atoms. The minimum atomic E-state index is -0.963. The molecule has 0 aliphatic rings. The summed E-state index contributed by atoms with van der Waals surface area (Å²) in [5.41, 5.74) is 2.95. The highest BCUT2D eigenvalue weighted by Crippen LogP contribution is 2.25. The van der Waals surface area contributed by atoms with Gasteiger partial charge in [-0.15, -0.1) is 0 Å². The van der Waals surface area contributed by atoms with Crippen molar-refractivity contribution in [1.82, 2.24) is 0 Å². The number of hydrogen-bond donors (Lipinski definition) is 2. The fourth-order valence-electron chi connectivity index (χ4n) is 2.27. The number of carbonyl (C=O) groups excluding carboxylic acids is 1. The largest absolute Gasteiger partial charge is 0.481 e. The van der Waals surface area contributed by atoms with E-state index >= 15 is 0 Å². The van der Waals surface area contributed by atoms with Crippen LogP contribution in [-0.4, -0.2) is 17.0 Å². The van der Waals surface area contributed by atoms with E-state index in [-0.39, 0.29) is 5.91 Å². The molecule has 2 aromatic carbocycles. The number of anilines is 1. The standard InChI is InChI=1S/C19H21NO3/c1-12-5-6-13(2)16(11-12)17(21)20-15-9-7-14(8-10-15)19(3,4)18(22)23/h5-11H,1-4H3,(H,20,21)(H,22,23). The Kier molecular flexibility index (Phi) is 4.55. The third-order valence-corrected chi connectivity index (χ3v) is 4.04. The van der Waals surface area contributed by atoms with Gasteiger partial charge in [0.05, 0.1) is 5.41 Å². The fourth-order valence-corrected chi connectivity index (χ4v) is 2.27. The van der Waals surface area contributed by atoms with Gasteiger partial charge in [-0.2, -0.15) is 0 Å². The van der Waals surface area contributed by atoms with E-state index in [0.717, 1.165) is 11.1 Å². The lowest BCUT2D eigenvalue weighted by molar-refractivity contribution is -0.142. The predicted octanol–water partition coefficient (Wildman–Crippen LogP) is 3.92. The number of carbonyl (C=O) groups is 2. The molecule has 0 saturated carbocycles. The quantitative estimate of drug-likeness (QED) is 0.899. The lowest BCUT2D eigenvalue weighted by Gasteiger charge is -2.20. The maximum Gasteiger partial charge on any atom is 0.313 e. The second-order valence-corrected chi connectivity index (χ2v) is 6.28. The maximum atomic E-state index is 12.4. The maximum absolute atomic E-state index is 12.4. The van der Waals surface area contributed by atoms with Gasteiger partial charge in [0, 0.05) is 11.3 Å². The normalized spacial score (nSPS) is 11.1.